The van der Waals surface area contributed by atoms with Gasteiger partial charge in [-0.2, -0.15) is 5.10 Å². The minimum absolute atomic E-state index is 0.122. The molecular weight excluding hydrogens is 231 g/mol. The van der Waals surface area contributed by atoms with Crippen LogP contribution in [0.1, 0.15) is 22.7 Å². The van der Waals surface area contributed by atoms with Crippen molar-refractivity contribution in [2.45, 2.75) is 19.4 Å². The van der Waals surface area contributed by atoms with Crippen LogP contribution < -0.4 is 11.3 Å². The molecule has 0 saturated heterocycles. The third kappa shape index (κ3) is 2.94. The molecule has 0 aliphatic rings. The molecule has 0 aliphatic carbocycles. The summed E-state index contributed by atoms with van der Waals surface area (Å²) in [5.41, 5.74) is 5.52. The van der Waals surface area contributed by atoms with Gasteiger partial charge in [-0.3, -0.25) is 16.0 Å². The third-order valence-electron chi connectivity index (χ3n) is 2.87. The van der Waals surface area contributed by atoms with Gasteiger partial charge in [0.25, 0.3) is 0 Å². The molecule has 2 rings (SSSR count). The lowest BCUT2D eigenvalue weighted by Gasteiger charge is -2.16. The number of aromatic nitrogens is 2. The Hall–Kier alpha value is -1.72. The van der Waals surface area contributed by atoms with Gasteiger partial charge in [-0.15, -0.1) is 0 Å². The minimum Gasteiger partial charge on any atom is -0.276 e. The smallest absolute Gasteiger partial charge is 0.123 e. The van der Waals surface area contributed by atoms with Gasteiger partial charge in [0.2, 0.25) is 0 Å². The van der Waals surface area contributed by atoms with Gasteiger partial charge < -0.3 is 0 Å². The molecule has 1 heterocycles. The molecular formula is C13H17FN4. The normalized spacial score (nSPS) is 12.7. The van der Waals surface area contributed by atoms with Crippen molar-refractivity contribution >= 4 is 0 Å². The second-order valence-corrected chi connectivity index (χ2v) is 4.51. The van der Waals surface area contributed by atoms with Gasteiger partial charge in [-0.1, -0.05) is 6.07 Å². The Bertz CT molecular complexity index is 515. The van der Waals surface area contributed by atoms with E-state index in [1.165, 1.54) is 12.1 Å². The van der Waals surface area contributed by atoms with E-state index in [1.807, 2.05) is 26.2 Å². The molecule has 3 N–H and O–H groups in total. The summed E-state index contributed by atoms with van der Waals surface area (Å²) >= 11 is 0. The highest BCUT2D eigenvalue weighted by atomic mass is 19.1. The predicted octanol–water partition coefficient (Wildman–Crippen LogP) is 1.61. The monoisotopic (exact) mass is 248 g/mol. The lowest BCUT2D eigenvalue weighted by molar-refractivity contribution is 0.543. The van der Waals surface area contributed by atoms with Crippen LogP contribution >= 0.6 is 0 Å². The van der Waals surface area contributed by atoms with E-state index in [-0.39, 0.29) is 11.9 Å². The highest BCUT2D eigenvalue weighted by Crippen LogP contribution is 2.20. The SMILES string of the molecule is Cc1cc(F)cc(C(Cc2cnn(C)c2)NN)c1. The van der Waals surface area contributed by atoms with Gasteiger partial charge in [-0.05, 0) is 42.2 Å². The first-order chi connectivity index (χ1) is 8.58. The van der Waals surface area contributed by atoms with Crippen LogP contribution in [0.25, 0.3) is 0 Å². The molecule has 0 bridgehead atoms. The summed E-state index contributed by atoms with van der Waals surface area (Å²) in [6.45, 7) is 1.87. The maximum atomic E-state index is 13.4. The molecule has 0 saturated carbocycles. The van der Waals surface area contributed by atoms with Gasteiger partial charge in [0.1, 0.15) is 5.82 Å². The second kappa shape index (κ2) is 5.29. The Morgan fingerprint density at radius 1 is 1.44 bits per heavy atom. The molecule has 0 aliphatic heterocycles. The topological polar surface area (TPSA) is 55.9 Å². The first kappa shape index (κ1) is 12.7. The van der Waals surface area contributed by atoms with Crippen molar-refractivity contribution in [2.75, 3.05) is 0 Å². The fourth-order valence-electron chi connectivity index (χ4n) is 2.05. The van der Waals surface area contributed by atoms with Gasteiger partial charge in [-0.25, -0.2) is 4.39 Å². The summed E-state index contributed by atoms with van der Waals surface area (Å²) in [6, 6.07) is 4.82. The van der Waals surface area contributed by atoms with Crippen molar-refractivity contribution in [1.82, 2.24) is 15.2 Å². The Labute approximate surface area is 106 Å². The van der Waals surface area contributed by atoms with Crippen LogP contribution in [0.4, 0.5) is 4.39 Å². The summed E-state index contributed by atoms with van der Waals surface area (Å²) in [6.07, 6.45) is 4.39. The lowest BCUT2D eigenvalue weighted by Crippen LogP contribution is -2.29. The van der Waals surface area contributed by atoms with Gasteiger partial charge >= 0.3 is 0 Å². The van der Waals surface area contributed by atoms with E-state index in [2.05, 4.69) is 10.5 Å². The van der Waals surface area contributed by atoms with E-state index in [0.29, 0.717) is 6.42 Å². The predicted molar refractivity (Wildman–Crippen MR) is 68.1 cm³/mol. The zero-order valence-electron chi connectivity index (χ0n) is 10.5. The van der Waals surface area contributed by atoms with Crippen molar-refractivity contribution in [3.63, 3.8) is 0 Å². The Morgan fingerprint density at radius 3 is 2.78 bits per heavy atom. The van der Waals surface area contributed by atoms with Crippen molar-refractivity contribution in [3.8, 4) is 0 Å². The first-order valence-corrected chi connectivity index (χ1v) is 5.79. The fraction of sp³-hybridized carbons (Fsp3) is 0.308. The van der Waals surface area contributed by atoms with E-state index in [4.69, 9.17) is 5.84 Å². The quantitative estimate of drug-likeness (QED) is 0.638. The molecule has 96 valence electrons. The molecule has 1 unspecified atom stereocenters. The summed E-state index contributed by atoms with van der Waals surface area (Å²) < 4.78 is 15.1. The number of hydrogen-bond acceptors (Lipinski definition) is 3. The van der Waals surface area contributed by atoms with Crippen LogP contribution in [-0.2, 0) is 13.5 Å². The standard InChI is InChI=1S/C13H17FN4/c1-9-3-11(6-12(14)4-9)13(17-15)5-10-7-16-18(2)8-10/h3-4,6-8,13,17H,5,15H2,1-2H3. The Kier molecular flexibility index (Phi) is 3.74. The van der Waals surface area contributed by atoms with Crippen molar-refractivity contribution in [1.29, 1.82) is 0 Å². The maximum Gasteiger partial charge on any atom is 0.123 e. The number of nitrogens with two attached hydrogens (primary N) is 1. The Morgan fingerprint density at radius 2 is 2.22 bits per heavy atom. The number of rotatable bonds is 4. The third-order valence-corrected chi connectivity index (χ3v) is 2.87. The number of hydrazine groups is 1. The maximum absolute atomic E-state index is 13.4. The van der Waals surface area contributed by atoms with Crippen molar-refractivity contribution < 1.29 is 4.39 Å². The van der Waals surface area contributed by atoms with E-state index in [0.717, 1.165) is 16.7 Å². The highest BCUT2D eigenvalue weighted by molar-refractivity contribution is 5.27. The molecule has 0 amide bonds. The molecule has 5 heteroatoms. The fourth-order valence-corrected chi connectivity index (χ4v) is 2.05. The first-order valence-electron chi connectivity index (χ1n) is 5.79. The second-order valence-electron chi connectivity index (χ2n) is 4.51. The van der Waals surface area contributed by atoms with Crippen molar-refractivity contribution in [2.24, 2.45) is 12.9 Å². The highest BCUT2D eigenvalue weighted by Gasteiger charge is 2.13. The molecule has 0 radical (unpaired) electrons. The molecule has 0 fully saturated rings. The zero-order valence-corrected chi connectivity index (χ0v) is 10.5. The Balaban J connectivity index is 2.22. The molecule has 4 nitrogen and oxygen atoms in total. The van der Waals surface area contributed by atoms with E-state index >= 15 is 0 Å². The summed E-state index contributed by atoms with van der Waals surface area (Å²) in [7, 11) is 1.86. The zero-order chi connectivity index (χ0) is 13.1. The number of aryl methyl sites for hydroxylation is 2. The van der Waals surface area contributed by atoms with Gasteiger partial charge in [0, 0.05) is 13.2 Å². The average molecular weight is 248 g/mol. The number of hydrogen-bond donors (Lipinski definition) is 2. The van der Waals surface area contributed by atoms with E-state index in [1.54, 1.807) is 10.9 Å². The van der Waals surface area contributed by atoms with Crippen LogP contribution in [0.15, 0.2) is 30.6 Å². The summed E-state index contributed by atoms with van der Waals surface area (Å²) in [5, 5.41) is 4.11. The molecule has 0 spiro atoms. The summed E-state index contributed by atoms with van der Waals surface area (Å²) in [5.74, 6) is 5.32. The molecule has 18 heavy (non-hydrogen) atoms. The van der Waals surface area contributed by atoms with Gasteiger partial charge in [0.05, 0.1) is 12.2 Å². The minimum atomic E-state index is -0.239. The van der Waals surface area contributed by atoms with Crippen LogP contribution in [0.3, 0.4) is 0 Å². The van der Waals surface area contributed by atoms with Crippen LogP contribution in [0.5, 0.6) is 0 Å². The average Bonchev–Trinajstić information content (AvgIpc) is 2.70. The number of nitrogens with one attached hydrogen (secondary N) is 1. The van der Waals surface area contributed by atoms with E-state index < -0.39 is 0 Å². The molecule has 1 aromatic carbocycles. The van der Waals surface area contributed by atoms with Crippen LogP contribution in [-0.4, -0.2) is 9.78 Å². The van der Waals surface area contributed by atoms with E-state index in [9.17, 15) is 4.39 Å². The number of nitrogens with zero attached hydrogens (tertiary/aromatic N) is 2. The van der Waals surface area contributed by atoms with Crippen LogP contribution in [0, 0.1) is 12.7 Å². The number of halogens is 1. The van der Waals surface area contributed by atoms with Gasteiger partial charge in [0.15, 0.2) is 0 Å². The molecule has 2 aromatic rings. The summed E-state index contributed by atoms with van der Waals surface area (Å²) in [4.78, 5) is 0. The van der Waals surface area contributed by atoms with Crippen molar-refractivity contribution in [3.05, 3.63) is 53.1 Å². The largest absolute Gasteiger partial charge is 0.276 e. The molecule has 1 atom stereocenters. The number of benzene rings is 1. The van der Waals surface area contributed by atoms with Crippen LogP contribution in [0.2, 0.25) is 0 Å². The molecule has 1 aromatic heterocycles. The lowest BCUT2D eigenvalue weighted by atomic mass is 9.99.